The van der Waals surface area contributed by atoms with Crippen LogP contribution in [0.3, 0.4) is 0 Å². The fraction of sp³-hybridized carbons (Fsp3) is 0. The molecule has 0 radical (unpaired) electrons. The van der Waals surface area contributed by atoms with Gasteiger partial charge in [-0.2, -0.15) is 5.10 Å². The molecule has 2 nitrogen and oxygen atoms in total. The zero-order valence-corrected chi connectivity index (χ0v) is 5.18. The molecule has 0 bridgehead atoms. The van der Waals surface area contributed by atoms with Gasteiger partial charge in [-0.1, -0.05) is 0 Å². The molecule has 66 valence electrons. The number of hydrogen-bond acceptors (Lipinski definition) is 1. The Kier molecular flexibility index (Phi) is 6.51. The van der Waals surface area contributed by atoms with Crippen LogP contribution in [-0.4, -0.2) is 17.5 Å². The van der Waals surface area contributed by atoms with Crippen molar-refractivity contribution in [2.75, 3.05) is 0 Å². The van der Waals surface area contributed by atoms with Crippen molar-refractivity contribution in [3.05, 3.63) is 18.5 Å². The van der Waals surface area contributed by atoms with E-state index in [9.17, 15) is 17.3 Å². The molecule has 1 aromatic rings. The Hall–Kier alpha value is -1.08. The summed E-state index contributed by atoms with van der Waals surface area (Å²) in [6.07, 6.45) is 3.46. The molecule has 1 aromatic heterocycles. The summed E-state index contributed by atoms with van der Waals surface area (Å²) in [6.45, 7) is 0. The van der Waals surface area contributed by atoms with E-state index in [-0.39, 0.29) is 4.70 Å². The van der Waals surface area contributed by atoms with Crippen LogP contribution in [0, 0.1) is 0 Å². The first-order valence-corrected chi connectivity index (χ1v) is 2.31. The lowest BCUT2D eigenvalue weighted by Crippen LogP contribution is -2.02. The average Bonchev–Trinajstić information content (AvgIpc) is 2.07. The van der Waals surface area contributed by atoms with Crippen LogP contribution in [0.1, 0.15) is 0 Å². The highest BCUT2D eigenvalue weighted by Gasteiger charge is 2.20. The number of aromatic amines is 1. The van der Waals surface area contributed by atoms with Gasteiger partial charge in [0, 0.05) is 12.4 Å². The van der Waals surface area contributed by atoms with Gasteiger partial charge >= 0.3 is 7.25 Å². The second kappa shape index (κ2) is 5.69. The molecule has 0 saturated heterocycles. The van der Waals surface area contributed by atoms with Crippen molar-refractivity contribution in [2.24, 2.45) is 0 Å². The third-order valence-corrected chi connectivity index (χ3v) is 0.406. The van der Waals surface area contributed by atoms with Crippen LogP contribution >= 0.6 is 0 Å². The fourth-order valence-corrected chi connectivity index (χ4v) is 0.215. The first-order valence-electron chi connectivity index (χ1n) is 2.31. The second-order valence-electron chi connectivity index (χ2n) is 1.26. The minimum Gasteiger partial charge on any atom is -0.418 e. The summed E-state index contributed by atoms with van der Waals surface area (Å²) in [7, 11) is -6.00. The molecule has 0 aliphatic rings. The molecular weight excluding hydrogens is 170 g/mol. The van der Waals surface area contributed by atoms with Crippen LogP contribution in [0.2, 0.25) is 0 Å². The van der Waals surface area contributed by atoms with E-state index in [4.69, 9.17) is 0 Å². The Morgan fingerprint density at radius 3 is 1.73 bits per heavy atom. The summed E-state index contributed by atoms with van der Waals surface area (Å²) >= 11 is 0. The van der Waals surface area contributed by atoms with E-state index in [2.05, 4.69) is 10.2 Å². The van der Waals surface area contributed by atoms with Gasteiger partial charge in [0.15, 0.2) is 0 Å². The molecule has 0 fully saturated rings. The van der Waals surface area contributed by atoms with Gasteiger partial charge in [0.1, 0.15) is 0 Å². The molecule has 0 unspecified atom stereocenters. The lowest BCUT2D eigenvalue weighted by Gasteiger charge is -1.94. The first kappa shape index (κ1) is 12.6. The van der Waals surface area contributed by atoms with Gasteiger partial charge in [0.2, 0.25) is 0 Å². The van der Waals surface area contributed by atoms with E-state index in [1.165, 1.54) is 0 Å². The Labute approximate surface area is 59.1 Å². The highest BCUT2D eigenvalue weighted by Crippen LogP contribution is 2.06. The zero-order valence-electron chi connectivity index (χ0n) is 5.18. The van der Waals surface area contributed by atoms with Gasteiger partial charge in [-0.15, -0.1) is 0 Å². The predicted octanol–water partition coefficient (Wildman–Crippen LogP) is 1.86. The van der Waals surface area contributed by atoms with Crippen molar-refractivity contribution in [3.8, 4) is 0 Å². The van der Waals surface area contributed by atoms with Crippen LogP contribution in [-0.2, 0) is 0 Å². The van der Waals surface area contributed by atoms with Gasteiger partial charge in [-0.3, -0.25) is 9.80 Å². The zero-order chi connectivity index (χ0) is 8.04. The smallest absolute Gasteiger partial charge is 0.418 e. The van der Waals surface area contributed by atoms with E-state index in [0.29, 0.717) is 0 Å². The van der Waals surface area contributed by atoms with E-state index < -0.39 is 7.25 Å². The van der Waals surface area contributed by atoms with Gasteiger partial charge < -0.3 is 17.3 Å². The molecule has 0 saturated carbocycles. The van der Waals surface area contributed by atoms with Crippen molar-refractivity contribution >= 4 is 7.25 Å². The van der Waals surface area contributed by atoms with E-state index >= 15 is 0 Å². The molecule has 1 N–H and O–H groups in total. The molecule has 0 aliphatic heterocycles. The number of rotatable bonds is 0. The quantitative estimate of drug-likeness (QED) is 0.473. The predicted molar refractivity (Wildman–Crippen MR) is 31.3 cm³/mol. The lowest BCUT2D eigenvalue weighted by molar-refractivity contribution is 0.368. The van der Waals surface area contributed by atoms with Gasteiger partial charge in [-0.05, 0) is 6.07 Å². The Morgan fingerprint density at radius 1 is 1.18 bits per heavy atom. The van der Waals surface area contributed by atoms with Gasteiger partial charge in [-0.25, -0.2) is 0 Å². The molecule has 11 heavy (non-hydrogen) atoms. The summed E-state index contributed by atoms with van der Waals surface area (Å²) in [4.78, 5) is 0. The van der Waals surface area contributed by atoms with Gasteiger partial charge in [0.25, 0.3) is 0 Å². The molecule has 0 aromatic carbocycles. The van der Waals surface area contributed by atoms with Gasteiger partial charge in [0.05, 0.1) is 0 Å². The van der Waals surface area contributed by atoms with Crippen LogP contribution in [0.15, 0.2) is 18.5 Å². The molecule has 1 heterocycles. The van der Waals surface area contributed by atoms with Crippen molar-refractivity contribution < 1.29 is 22.0 Å². The second-order valence-corrected chi connectivity index (χ2v) is 1.26. The number of H-pyrrole nitrogens is 1. The monoisotopic (exact) mass is 175 g/mol. The number of nitrogens with one attached hydrogen (secondary N) is 1. The van der Waals surface area contributed by atoms with Crippen molar-refractivity contribution in [1.29, 1.82) is 0 Å². The van der Waals surface area contributed by atoms with E-state index in [0.717, 1.165) is 0 Å². The minimum absolute atomic E-state index is 0. The summed E-state index contributed by atoms with van der Waals surface area (Å²) in [6, 6.07) is 1.83. The number of hydrogen-bond donors (Lipinski definition) is 1. The van der Waals surface area contributed by atoms with Crippen molar-refractivity contribution in [2.45, 2.75) is 0 Å². The van der Waals surface area contributed by atoms with Crippen LogP contribution in [0.4, 0.5) is 22.0 Å². The topological polar surface area (TPSA) is 28.7 Å². The Balaban J connectivity index is 0. The fourth-order valence-electron chi connectivity index (χ4n) is 0.215. The van der Waals surface area contributed by atoms with Crippen molar-refractivity contribution in [3.63, 3.8) is 0 Å². The maximum absolute atomic E-state index is 9.75. The van der Waals surface area contributed by atoms with Crippen LogP contribution < -0.4 is 0 Å². The number of halogens is 5. The van der Waals surface area contributed by atoms with E-state index in [1.54, 1.807) is 12.4 Å². The third kappa shape index (κ3) is 27.8. The molecule has 0 aliphatic carbocycles. The molecule has 0 amide bonds. The largest absolute Gasteiger partial charge is 0.673 e. The summed E-state index contributed by atoms with van der Waals surface area (Å²) in [5.41, 5.74) is 0. The summed E-state index contributed by atoms with van der Waals surface area (Å²) in [5, 5.41) is 6.21. The summed E-state index contributed by atoms with van der Waals surface area (Å²) < 4.78 is 39.0. The molecule has 0 spiro atoms. The SMILES string of the molecule is F.F[B-](F)(F)F.c1cn[nH]c1. The third-order valence-electron chi connectivity index (χ3n) is 0.406. The Bertz CT molecular complexity index is 126. The maximum Gasteiger partial charge on any atom is 0.673 e. The normalized spacial score (nSPS) is 9.09. The minimum atomic E-state index is -6.00. The Morgan fingerprint density at radius 2 is 1.64 bits per heavy atom. The number of aromatic nitrogens is 2. The molecule has 8 heteroatoms. The highest BCUT2D eigenvalue weighted by molar-refractivity contribution is 6.50. The maximum atomic E-state index is 9.75. The molecular formula is C3H5BF5N2-. The number of nitrogens with zero attached hydrogens (tertiary/aromatic N) is 1. The first-order chi connectivity index (χ1) is 4.50. The highest BCUT2D eigenvalue weighted by atomic mass is 19.5. The van der Waals surface area contributed by atoms with E-state index in [1.807, 2.05) is 6.07 Å². The average molecular weight is 175 g/mol. The van der Waals surface area contributed by atoms with Crippen molar-refractivity contribution in [1.82, 2.24) is 10.2 Å². The van der Waals surface area contributed by atoms with Crippen LogP contribution in [0.5, 0.6) is 0 Å². The standard InChI is InChI=1S/C3H4N2.BF4.FH/c1-2-4-5-3-1;2-1(3,4)5;/h1-3H,(H,4,5);;1H/q;-1;. The summed E-state index contributed by atoms with van der Waals surface area (Å²) in [5.74, 6) is 0. The molecule has 0 atom stereocenters. The molecule has 1 rings (SSSR count). The van der Waals surface area contributed by atoms with Crippen LogP contribution in [0.25, 0.3) is 0 Å². The lowest BCUT2D eigenvalue weighted by atomic mass is 10.3.